The minimum Gasteiger partial charge on any atom is -0.269 e. The van der Waals surface area contributed by atoms with Crippen LogP contribution in [0.1, 0.15) is 32.1 Å². The molecule has 2 amide bonds. The van der Waals surface area contributed by atoms with Crippen molar-refractivity contribution in [1.82, 2.24) is 4.90 Å². The van der Waals surface area contributed by atoms with E-state index in [0.717, 1.165) is 32.1 Å². The van der Waals surface area contributed by atoms with Gasteiger partial charge in [-0.2, -0.15) is 0 Å². The van der Waals surface area contributed by atoms with Gasteiger partial charge in [-0.3, -0.25) is 14.5 Å². The fourth-order valence-corrected chi connectivity index (χ4v) is 1.90. The van der Waals surface area contributed by atoms with Gasteiger partial charge in [0.05, 0.1) is 0 Å². The van der Waals surface area contributed by atoms with Crippen LogP contribution in [0.5, 0.6) is 0 Å². The largest absolute Gasteiger partial charge is 0.269 e. The molecule has 0 fully saturated rings. The molecule has 2 rings (SSSR count). The Balaban J connectivity index is 2.14. The molecular formula is C12H13NO2. The molecule has 0 aromatic rings. The number of carbonyl (C=O) groups is 2. The molecule has 3 nitrogen and oxygen atoms in total. The van der Waals surface area contributed by atoms with Crippen LogP contribution in [0.15, 0.2) is 12.2 Å². The van der Waals surface area contributed by atoms with Crippen LogP contribution in [0.3, 0.4) is 0 Å². The van der Waals surface area contributed by atoms with E-state index in [1.165, 1.54) is 17.1 Å². The summed E-state index contributed by atoms with van der Waals surface area (Å²) < 4.78 is 0. The SMILES string of the molecule is O=C1C=CC(=O)N1C1C#CCCCCC1. The summed E-state index contributed by atoms with van der Waals surface area (Å²) in [5.41, 5.74) is 0. The quantitative estimate of drug-likeness (QED) is 0.475. The van der Waals surface area contributed by atoms with E-state index in [-0.39, 0.29) is 17.9 Å². The Kier molecular flexibility index (Phi) is 2.86. The standard InChI is InChI=1S/C12H13NO2/c14-11-8-9-12(15)13(11)10-6-4-2-1-3-5-7-10/h8-10H,1-4,6H2. The monoisotopic (exact) mass is 203 g/mol. The highest BCUT2D eigenvalue weighted by Gasteiger charge is 2.29. The maximum absolute atomic E-state index is 11.4. The molecule has 0 bridgehead atoms. The summed E-state index contributed by atoms with van der Waals surface area (Å²) in [5, 5.41) is 0. The third-order valence-electron chi connectivity index (χ3n) is 2.70. The van der Waals surface area contributed by atoms with Gasteiger partial charge in [-0.05, 0) is 12.8 Å². The zero-order valence-corrected chi connectivity index (χ0v) is 8.53. The summed E-state index contributed by atoms with van der Waals surface area (Å²) in [7, 11) is 0. The minimum absolute atomic E-state index is 0.208. The molecule has 1 atom stereocenters. The minimum atomic E-state index is -0.222. The van der Waals surface area contributed by atoms with Gasteiger partial charge in [0.15, 0.2) is 0 Å². The number of hydrogen-bond donors (Lipinski definition) is 0. The van der Waals surface area contributed by atoms with Gasteiger partial charge < -0.3 is 0 Å². The summed E-state index contributed by atoms with van der Waals surface area (Å²) in [5.74, 6) is 5.61. The van der Waals surface area contributed by atoms with Gasteiger partial charge in [0.25, 0.3) is 11.8 Å². The summed E-state index contributed by atoms with van der Waals surface area (Å²) in [6, 6.07) is -0.208. The predicted molar refractivity (Wildman–Crippen MR) is 55.6 cm³/mol. The molecule has 0 N–H and O–H groups in total. The lowest BCUT2D eigenvalue weighted by Crippen LogP contribution is -2.39. The lowest BCUT2D eigenvalue weighted by Gasteiger charge is -2.22. The fourth-order valence-electron chi connectivity index (χ4n) is 1.90. The normalized spacial score (nSPS) is 25.9. The van der Waals surface area contributed by atoms with Crippen molar-refractivity contribution in [2.45, 2.75) is 38.1 Å². The lowest BCUT2D eigenvalue weighted by atomic mass is 10.0. The van der Waals surface area contributed by atoms with E-state index < -0.39 is 0 Å². The lowest BCUT2D eigenvalue weighted by molar-refractivity contribution is -0.138. The highest BCUT2D eigenvalue weighted by Crippen LogP contribution is 2.16. The maximum atomic E-state index is 11.4. The first kappa shape index (κ1) is 9.97. The van der Waals surface area contributed by atoms with Crippen LogP contribution in [0.4, 0.5) is 0 Å². The highest BCUT2D eigenvalue weighted by molar-refractivity contribution is 6.13. The van der Waals surface area contributed by atoms with Gasteiger partial charge in [-0.15, -0.1) is 5.92 Å². The molecule has 1 aliphatic heterocycles. The Morgan fingerprint density at radius 1 is 1.13 bits per heavy atom. The summed E-state index contributed by atoms with van der Waals surface area (Å²) in [6.07, 6.45) is 7.63. The molecule has 0 aromatic heterocycles. The Morgan fingerprint density at radius 3 is 2.60 bits per heavy atom. The number of nitrogens with zero attached hydrogens (tertiary/aromatic N) is 1. The van der Waals surface area contributed by atoms with Gasteiger partial charge in [0.1, 0.15) is 6.04 Å². The van der Waals surface area contributed by atoms with E-state index in [9.17, 15) is 9.59 Å². The van der Waals surface area contributed by atoms with Crippen molar-refractivity contribution in [2.24, 2.45) is 0 Å². The number of hydrogen-bond acceptors (Lipinski definition) is 2. The molecule has 15 heavy (non-hydrogen) atoms. The molecule has 2 aliphatic rings. The smallest absolute Gasteiger partial charge is 0.254 e. The molecular weight excluding hydrogens is 190 g/mol. The average molecular weight is 203 g/mol. The third-order valence-corrected chi connectivity index (χ3v) is 2.70. The summed E-state index contributed by atoms with van der Waals surface area (Å²) in [6.45, 7) is 0. The van der Waals surface area contributed by atoms with Crippen molar-refractivity contribution in [3.8, 4) is 11.8 Å². The van der Waals surface area contributed by atoms with Crippen LogP contribution in [0.25, 0.3) is 0 Å². The van der Waals surface area contributed by atoms with Crippen molar-refractivity contribution in [1.29, 1.82) is 0 Å². The third kappa shape index (κ3) is 2.10. The first-order chi connectivity index (χ1) is 7.29. The number of amides is 2. The first-order valence-corrected chi connectivity index (χ1v) is 5.32. The topological polar surface area (TPSA) is 37.4 Å². The van der Waals surface area contributed by atoms with Gasteiger partial charge in [0.2, 0.25) is 0 Å². The van der Waals surface area contributed by atoms with Crippen molar-refractivity contribution < 1.29 is 9.59 Å². The van der Waals surface area contributed by atoms with E-state index in [2.05, 4.69) is 11.8 Å². The molecule has 3 heteroatoms. The van der Waals surface area contributed by atoms with Crippen molar-refractivity contribution in [3.63, 3.8) is 0 Å². The second-order valence-corrected chi connectivity index (χ2v) is 3.82. The van der Waals surface area contributed by atoms with Crippen molar-refractivity contribution in [2.75, 3.05) is 0 Å². The Labute approximate surface area is 89.1 Å². The molecule has 0 spiro atoms. The molecule has 1 unspecified atom stereocenters. The Morgan fingerprint density at radius 2 is 1.87 bits per heavy atom. The van der Waals surface area contributed by atoms with Crippen LogP contribution >= 0.6 is 0 Å². The van der Waals surface area contributed by atoms with E-state index >= 15 is 0 Å². The molecule has 0 saturated carbocycles. The summed E-state index contributed by atoms with van der Waals surface area (Å²) >= 11 is 0. The first-order valence-electron chi connectivity index (χ1n) is 5.32. The van der Waals surface area contributed by atoms with Crippen LogP contribution in [-0.4, -0.2) is 22.8 Å². The van der Waals surface area contributed by atoms with Gasteiger partial charge in [-0.25, -0.2) is 0 Å². The second-order valence-electron chi connectivity index (χ2n) is 3.82. The van der Waals surface area contributed by atoms with Gasteiger partial charge >= 0.3 is 0 Å². The highest BCUT2D eigenvalue weighted by atomic mass is 16.2. The van der Waals surface area contributed by atoms with Crippen LogP contribution < -0.4 is 0 Å². The number of imide groups is 1. The molecule has 1 aliphatic carbocycles. The molecule has 0 aromatic carbocycles. The average Bonchev–Trinajstić information content (AvgIpc) is 2.48. The molecule has 1 heterocycles. The fraction of sp³-hybridized carbons (Fsp3) is 0.500. The van der Waals surface area contributed by atoms with Crippen LogP contribution in [0.2, 0.25) is 0 Å². The number of rotatable bonds is 1. The van der Waals surface area contributed by atoms with E-state index in [1.54, 1.807) is 0 Å². The molecule has 0 radical (unpaired) electrons. The van der Waals surface area contributed by atoms with Crippen LogP contribution in [0, 0.1) is 11.8 Å². The molecule has 78 valence electrons. The maximum Gasteiger partial charge on any atom is 0.254 e. The van der Waals surface area contributed by atoms with Gasteiger partial charge in [0, 0.05) is 18.6 Å². The predicted octanol–water partition coefficient (Wildman–Crippen LogP) is 1.25. The van der Waals surface area contributed by atoms with E-state index in [4.69, 9.17) is 0 Å². The Hall–Kier alpha value is -1.56. The molecule has 0 saturated heterocycles. The summed E-state index contributed by atoms with van der Waals surface area (Å²) in [4.78, 5) is 24.1. The van der Waals surface area contributed by atoms with Crippen molar-refractivity contribution >= 4 is 11.8 Å². The van der Waals surface area contributed by atoms with E-state index in [1.807, 2.05) is 0 Å². The zero-order valence-electron chi connectivity index (χ0n) is 8.53. The van der Waals surface area contributed by atoms with Crippen LogP contribution in [-0.2, 0) is 9.59 Å². The second kappa shape index (κ2) is 4.31. The van der Waals surface area contributed by atoms with E-state index in [0.29, 0.717) is 0 Å². The zero-order chi connectivity index (χ0) is 10.7. The Bertz CT molecular complexity index is 355. The van der Waals surface area contributed by atoms with Gasteiger partial charge in [-0.1, -0.05) is 18.8 Å². The number of carbonyl (C=O) groups excluding carboxylic acids is 2. The van der Waals surface area contributed by atoms with Crippen molar-refractivity contribution in [3.05, 3.63) is 12.2 Å².